The summed E-state index contributed by atoms with van der Waals surface area (Å²) in [7, 11) is 0. The summed E-state index contributed by atoms with van der Waals surface area (Å²) in [6.07, 6.45) is 1.52. The first-order valence-electron chi connectivity index (χ1n) is 8.31. The number of aromatic nitrogens is 3. The molecule has 4 rings (SSSR count). The Bertz CT molecular complexity index is 862. The molecule has 1 aliphatic rings. The van der Waals surface area contributed by atoms with Crippen molar-refractivity contribution in [2.75, 3.05) is 10.6 Å². The summed E-state index contributed by atoms with van der Waals surface area (Å²) in [5.74, 6) is 0.322. The van der Waals surface area contributed by atoms with E-state index in [9.17, 15) is 4.79 Å². The summed E-state index contributed by atoms with van der Waals surface area (Å²) in [5, 5.41) is 10.7. The maximum atomic E-state index is 13.1. The lowest BCUT2D eigenvalue weighted by Crippen LogP contribution is -2.46. The molecule has 6 heteroatoms. The minimum Gasteiger partial charge on any atom is -0.351 e. The number of hydrogen-bond donors (Lipinski definition) is 2. The van der Waals surface area contributed by atoms with Crippen LogP contribution in [0.5, 0.6) is 0 Å². The first kappa shape index (κ1) is 15.4. The van der Waals surface area contributed by atoms with E-state index < -0.39 is 0 Å². The second-order valence-electron chi connectivity index (χ2n) is 6.20. The summed E-state index contributed by atoms with van der Waals surface area (Å²) in [6.45, 7) is 2.00. The molecule has 126 valence electrons. The van der Waals surface area contributed by atoms with Gasteiger partial charge in [0.05, 0.1) is 12.0 Å². The third-order valence-corrected chi connectivity index (χ3v) is 4.56. The maximum Gasteiger partial charge on any atom is 0.232 e. The number of nitrogens with one attached hydrogen (secondary N) is 2. The lowest BCUT2D eigenvalue weighted by molar-refractivity contribution is -0.121. The number of para-hydroxylation sites is 1. The molecule has 0 saturated heterocycles. The van der Waals surface area contributed by atoms with Gasteiger partial charge in [0, 0.05) is 11.7 Å². The van der Waals surface area contributed by atoms with Gasteiger partial charge in [-0.05, 0) is 24.6 Å². The Morgan fingerprint density at radius 1 is 1.08 bits per heavy atom. The van der Waals surface area contributed by atoms with Gasteiger partial charge in [0.1, 0.15) is 6.33 Å². The zero-order valence-corrected chi connectivity index (χ0v) is 13.8. The van der Waals surface area contributed by atoms with E-state index in [0.717, 1.165) is 11.3 Å². The lowest BCUT2D eigenvalue weighted by Gasteiger charge is -2.36. The topological polar surface area (TPSA) is 71.8 Å². The van der Waals surface area contributed by atoms with Gasteiger partial charge in [-0.15, -0.1) is 0 Å². The summed E-state index contributed by atoms with van der Waals surface area (Å²) in [5.41, 5.74) is 1.83. The summed E-state index contributed by atoms with van der Waals surface area (Å²) in [4.78, 5) is 17.4. The van der Waals surface area contributed by atoms with Crippen LogP contribution >= 0.6 is 0 Å². The van der Waals surface area contributed by atoms with Crippen molar-refractivity contribution in [2.24, 2.45) is 5.92 Å². The highest BCUT2D eigenvalue weighted by atomic mass is 16.2. The molecule has 0 fully saturated rings. The molecule has 6 nitrogen and oxygen atoms in total. The van der Waals surface area contributed by atoms with E-state index in [1.54, 1.807) is 4.68 Å². The monoisotopic (exact) mass is 333 g/mol. The Balaban J connectivity index is 1.72. The van der Waals surface area contributed by atoms with Gasteiger partial charge >= 0.3 is 0 Å². The van der Waals surface area contributed by atoms with Crippen LogP contribution in [0.15, 0.2) is 67.0 Å². The molecule has 2 N–H and O–H groups in total. The van der Waals surface area contributed by atoms with Crippen LogP contribution in [0.2, 0.25) is 0 Å². The summed E-state index contributed by atoms with van der Waals surface area (Å²) >= 11 is 0. The van der Waals surface area contributed by atoms with Crippen LogP contribution in [0, 0.1) is 5.92 Å². The molecule has 25 heavy (non-hydrogen) atoms. The van der Waals surface area contributed by atoms with Gasteiger partial charge < -0.3 is 10.6 Å². The molecule has 2 aromatic carbocycles. The predicted molar refractivity (Wildman–Crippen MR) is 96.2 cm³/mol. The first-order valence-corrected chi connectivity index (χ1v) is 8.31. The Labute approximate surface area is 145 Å². The number of amides is 1. The quantitative estimate of drug-likeness (QED) is 0.773. The predicted octanol–water partition coefficient (Wildman–Crippen LogP) is 2.94. The molecule has 3 aromatic rings. The van der Waals surface area contributed by atoms with Gasteiger partial charge in [-0.3, -0.25) is 4.79 Å². The first-order chi connectivity index (χ1) is 12.2. The van der Waals surface area contributed by atoms with E-state index >= 15 is 0 Å². The summed E-state index contributed by atoms with van der Waals surface area (Å²) in [6, 6.07) is 19.2. The number of rotatable bonds is 3. The number of carbonyl (C=O) groups is 1. The van der Waals surface area contributed by atoms with Crippen LogP contribution in [0.3, 0.4) is 0 Å². The van der Waals surface area contributed by atoms with Crippen LogP contribution in [-0.4, -0.2) is 26.7 Å². The fourth-order valence-electron chi connectivity index (χ4n) is 3.39. The highest BCUT2D eigenvalue weighted by molar-refractivity contribution is 5.94. The van der Waals surface area contributed by atoms with Gasteiger partial charge in [0.25, 0.3) is 0 Å². The van der Waals surface area contributed by atoms with Crippen LogP contribution in [0.25, 0.3) is 0 Å². The molecular weight excluding hydrogens is 314 g/mol. The smallest absolute Gasteiger partial charge is 0.232 e. The van der Waals surface area contributed by atoms with Crippen molar-refractivity contribution in [3.05, 3.63) is 72.6 Å². The average Bonchev–Trinajstić information content (AvgIpc) is 3.10. The van der Waals surface area contributed by atoms with E-state index in [0.29, 0.717) is 5.95 Å². The van der Waals surface area contributed by atoms with Crippen molar-refractivity contribution >= 4 is 17.5 Å². The van der Waals surface area contributed by atoms with Crippen LogP contribution in [-0.2, 0) is 4.79 Å². The molecule has 1 amide bonds. The fourth-order valence-corrected chi connectivity index (χ4v) is 3.39. The van der Waals surface area contributed by atoms with Crippen LogP contribution < -0.4 is 10.6 Å². The Kier molecular flexibility index (Phi) is 3.93. The zero-order valence-electron chi connectivity index (χ0n) is 13.8. The molecule has 0 aliphatic carbocycles. The minimum absolute atomic E-state index is 0.0406. The van der Waals surface area contributed by atoms with Crippen molar-refractivity contribution in [2.45, 2.75) is 19.0 Å². The van der Waals surface area contributed by atoms with Gasteiger partial charge in [0.15, 0.2) is 0 Å². The van der Waals surface area contributed by atoms with Crippen molar-refractivity contribution in [3.63, 3.8) is 0 Å². The molecule has 0 radical (unpaired) electrons. The van der Waals surface area contributed by atoms with Gasteiger partial charge in [-0.2, -0.15) is 10.1 Å². The number of hydrogen-bond acceptors (Lipinski definition) is 4. The normalized spacial score (nSPS) is 21.9. The van der Waals surface area contributed by atoms with Gasteiger partial charge in [-0.1, -0.05) is 48.5 Å². The second kappa shape index (κ2) is 6.39. The number of carbonyl (C=O) groups excluding carboxylic acids is 1. The van der Waals surface area contributed by atoms with Crippen LogP contribution in [0.4, 0.5) is 11.6 Å². The third kappa shape index (κ3) is 2.87. The fraction of sp³-hybridized carbons (Fsp3) is 0.211. The van der Waals surface area contributed by atoms with E-state index in [4.69, 9.17) is 0 Å². The van der Waals surface area contributed by atoms with Crippen molar-refractivity contribution in [1.82, 2.24) is 14.8 Å². The number of nitrogens with zero attached hydrogens (tertiary/aromatic N) is 3. The number of benzene rings is 2. The highest BCUT2D eigenvalue weighted by Gasteiger charge is 2.41. The third-order valence-electron chi connectivity index (χ3n) is 4.56. The molecule has 1 aromatic heterocycles. The average molecular weight is 333 g/mol. The molecule has 3 atom stereocenters. The second-order valence-corrected chi connectivity index (χ2v) is 6.20. The molecule has 0 spiro atoms. The largest absolute Gasteiger partial charge is 0.351 e. The maximum absolute atomic E-state index is 13.1. The van der Waals surface area contributed by atoms with E-state index in [1.165, 1.54) is 6.33 Å². The van der Waals surface area contributed by atoms with Gasteiger partial charge in [-0.25, -0.2) is 4.68 Å². The number of anilines is 2. The van der Waals surface area contributed by atoms with E-state index in [-0.39, 0.29) is 23.9 Å². The lowest BCUT2D eigenvalue weighted by atomic mass is 9.85. The Hall–Kier alpha value is -3.15. The molecule has 2 heterocycles. The standard InChI is InChI=1S/C19H19N5O/c1-13-16(18(25)23-15-10-6-3-7-11-15)17(14-8-4-2-5-9-14)24-19(22-13)20-12-21-24/h2-13,16-17H,1H3,(H,23,25)(H,20,21,22)/t13-,16-,17+/m0/s1. The van der Waals surface area contributed by atoms with Crippen molar-refractivity contribution in [3.8, 4) is 0 Å². The number of fused-ring (bicyclic) bond motifs is 1. The minimum atomic E-state index is -0.322. The Morgan fingerprint density at radius 2 is 1.76 bits per heavy atom. The van der Waals surface area contributed by atoms with Crippen molar-refractivity contribution in [1.29, 1.82) is 0 Å². The highest BCUT2D eigenvalue weighted by Crippen LogP contribution is 2.36. The van der Waals surface area contributed by atoms with E-state index in [2.05, 4.69) is 20.7 Å². The Morgan fingerprint density at radius 3 is 2.48 bits per heavy atom. The zero-order chi connectivity index (χ0) is 17.2. The molecule has 0 bridgehead atoms. The van der Waals surface area contributed by atoms with Crippen LogP contribution in [0.1, 0.15) is 18.5 Å². The summed E-state index contributed by atoms with van der Waals surface area (Å²) < 4.78 is 1.80. The van der Waals surface area contributed by atoms with Gasteiger partial charge in [0.2, 0.25) is 11.9 Å². The molecule has 1 aliphatic heterocycles. The molecule has 0 saturated carbocycles. The molecular formula is C19H19N5O. The van der Waals surface area contributed by atoms with E-state index in [1.807, 2.05) is 67.6 Å². The molecule has 0 unspecified atom stereocenters. The van der Waals surface area contributed by atoms with Crippen molar-refractivity contribution < 1.29 is 4.79 Å². The SMILES string of the molecule is C[C@@H]1Nc2ncnn2[C@H](c2ccccc2)[C@H]1C(=O)Nc1ccccc1.